The van der Waals surface area contributed by atoms with E-state index in [1.807, 2.05) is 69.4 Å². The van der Waals surface area contributed by atoms with Gasteiger partial charge in [-0.3, -0.25) is 33.4 Å². The summed E-state index contributed by atoms with van der Waals surface area (Å²) in [5.41, 5.74) is 5.62. The van der Waals surface area contributed by atoms with Crippen LogP contribution in [0.25, 0.3) is 33.4 Å². The normalized spacial score (nSPS) is 12.3. The van der Waals surface area contributed by atoms with Gasteiger partial charge in [-0.25, -0.2) is 4.79 Å². The smallest absolute Gasteiger partial charge is 0.339 e. The first kappa shape index (κ1) is 43.5. The predicted molar refractivity (Wildman–Crippen MR) is 214 cm³/mol. The highest BCUT2D eigenvalue weighted by Gasteiger charge is 2.32. The lowest BCUT2D eigenvalue weighted by Crippen LogP contribution is -2.48. The molecule has 0 radical (unpaired) electrons. The molecule has 2 aliphatic rings. The van der Waals surface area contributed by atoms with E-state index in [9.17, 15) is 36.9 Å². The first-order valence-electron chi connectivity index (χ1n) is 18.5. The lowest BCUT2D eigenvalue weighted by atomic mass is 9.89. The summed E-state index contributed by atoms with van der Waals surface area (Å²) >= 11 is 0. The molecule has 6 N–H and O–H groups in total. The third-order valence-electron chi connectivity index (χ3n) is 9.00. The van der Waals surface area contributed by atoms with Crippen LogP contribution in [0.4, 0.5) is 5.69 Å². The summed E-state index contributed by atoms with van der Waals surface area (Å²) in [6.45, 7) is 7.24. The van der Waals surface area contributed by atoms with Gasteiger partial charge in [-0.05, 0) is 69.0 Å². The van der Waals surface area contributed by atoms with Gasteiger partial charge in [-0.1, -0.05) is 23.4 Å². The average molecular weight is 833 g/mol. The third-order valence-corrected chi connectivity index (χ3v) is 10.1. The fourth-order valence-corrected chi connectivity index (χ4v) is 6.85. The highest BCUT2D eigenvalue weighted by Crippen LogP contribution is 2.43. The van der Waals surface area contributed by atoms with E-state index in [0.717, 1.165) is 38.7 Å². The number of aliphatic carboxylic acids is 1. The van der Waals surface area contributed by atoms with Gasteiger partial charge in [-0.2, -0.15) is 8.42 Å². The van der Waals surface area contributed by atoms with E-state index >= 15 is 0 Å². The van der Waals surface area contributed by atoms with Gasteiger partial charge in [0.05, 0.1) is 17.1 Å². The summed E-state index contributed by atoms with van der Waals surface area (Å²) < 4.78 is 45.8. The SMILES string of the molecule is CCN=c1cc2oc3cc(NCC)c(C)cc3c(-c3ccccc3C(=O)OCC(=O)NCCCn3cc(C(=O)NCC(C(=O)NCC(=O)O)S(=O)(=O)O)nn3)c-2cc1C. The maximum atomic E-state index is 13.6. The highest BCUT2D eigenvalue weighted by atomic mass is 32.2. The Morgan fingerprint density at radius 2 is 1.75 bits per heavy atom. The number of benzene rings is 3. The van der Waals surface area contributed by atoms with Gasteiger partial charge < -0.3 is 35.5 Å². The highest BCUT2D eigenvalue weighted by molar-refractivity contribution is 7.87. The number of hydrogen-bond donors (Lipinski definition) is 6. The molecule has 5 rings (SSSR count). The Morgan fingerprint density at radius 3 is 2.46 bits per heavy atom. The van der Waals surface area contributed by atoms with E-state index in [2.05, 4.69) is 31.3 Å². The van der Waals surface area contributed by atoms with Gasteiger partial charge >= 0.3 is 11.9 Å². The molecule has 2 heterocycles. The van der Waals surface area contributed by atoms with Crippen LogP contribution in [-0.4, -0.2) is 107 Å². The number of nitrogens with zero attached hydrogens (tertiary/aromatic N) is 4. The van der Waals surface area contributed by atoms with Gasteiger partial charge in [0.2, 0.25) is 5.91 Å². The molecule has 20 heteroatoms. The number of aryl methyl sites for hydroxylation is 3. The Labute approximate surface area is 338 Å². The molecule has 0 bridgehead atoms. The molecular formula is C39H44N8O11S. The quantitative estimate of drug-likeness (QED) is 0.0320. The van der Waals surface area contributed by atoms with Crippen LogP contribution >= 0.6 is 0 Å². The second kappa shape index (κ2) is 19.2. The minimum absolute atomic E-state index is 0.140. The summed E-state index contributed by atoms with van der Waals surface area (Å²) in [4.78, 5) is 66.2. The van der Waals surface area contributed by atoms with Crippen molar-refractivity contribution >= 4 is 56.4 Å². The number of anilines is 1. The maximum Gasteiger partial charge on any atom is 0.339 e. The predicted octanol–water partition coefficient (Wildman–Crippen LogP) is 2.32. The van der Waals surface area contributed by atoms with E-state index in [0.29, 0.717) is 36.4 Å². The number of carbonyl (C=O) groups excluding carboxylic acids is 4. The van der Waals surface area contributed by atoms with Gasteiger partial charge in [0, 0.05) is 67.1 Å². The van der Waals surface area contributed by atoms with E-state index in [1.54, 1.807) is 12.1 Å². The molecule has 1 aromatic heterocycles. The molecule has 19 nitrogen and oxygen atoms in total. The number of aromatic nitrogens is 3. The first-order chi connectivity index (χ1) is 28.1. The molecule has 1 aliphatic carbocycles. The van der Waals surface area contributed by atoms with Gasteiger partial charge in [0.1, 0.15) is 17.9 Å². The number of nitrogens with one attached hydrogen (secondary N) is 4. The second-order valence-corrected chi connectivity index (χ2v) is 14.9. The number of ether oxygens (including phenoxy) is 1. The first-order valence-corrected chi connectivity index (χ1v) is 20.0. The van der Waals surface area contributed by atoms with Crippen molar-refractivity contribution in [3.05, 3.63) is 82.5 Å². The summed E-state index contributed by atoms with van der Waals surface area (Å²) in [7, 11) is -5.00. The number of hydrogen-bond acceptors (Lipinski definition) is 13. The van der Waals surface area contributed by atoms with Crippen LogP contribution in [-0.2, 0) is 35.8 Å². The molecule has 2 aromatic carbocycles. The summed E-state index contributed by atoms with van der Waals surface area (Å²) in [6.07, 6.45) is 1.56. The van der Waals surface area contributed by atoms with Crippen LogP contribution in [0, 0.1) is 13.8 Å². The second-order valence-electron chi connectivity index (χ2n) is 13.3. The van der Waals surface area contributed by atoms with Crippen molar-refractivity contribution in [1.82, 2.24) is 30.9 Å². The van der Waals surface area contributed by atoms with Crippen LogP contribution in [0.1, 0.15) is 52.2 Å². The van der Waals surface area contributed by atoms with E-state index in [-0.39, 0.29) is 24.3 Å². The monoisotopic (exact) mass is 832 g/mol. The molecule has 59 heavy (non-hydrogen) atoms. The van der Waals surface area contributed by atoms with E-state index in [4.69, 9.17) is 14.3 Å². The number of esters is 1. The molecule has 0 saturated carbocycles. The molecular weight excluding hydrogens is 789 g/mol. The van der Waals surface area contributed by atoms with Gasteiger partial charge in [-0.15, -0.1) is 5.10 Å². The van der Waals surface area contributed by atoms with Crippen molar-refractivity contribution < 1.29 is 51.2 Å². The zero-order chi connectivity index (χ0) is 42.9. The molecule has 0 spiro atoms. The maximum absolute atomic E-state index is 13.6. The zero-order valence-electron chi connectivity index (χ0n) is 32.7. The van der Waals surface area contributed by atoms with Crippen LogP contribution < -0.4 is 26.6 Å². The van der Waals surface area contributed by atoms with Crippen molar-refractivity contribution in [3.63, 3.8) is 0 Å². The van der Waals surface area contributed by atoms with Crippen molar-refractivity contribution in [2.75, 3.05) is 44.6 Å². The minimum Gasteiger partial charge on any atom is -0.480 e. The Hall–Kier alpha value is -6.67. The molecule has 312 valence electrons. The van der Waals surface area contributed by atoms with Gasteiger partial charge in [0.25, 0.3) is 21.9 Å². The van der Waals surface area contributed by atoms with Gasteiger partial charge in [0.15, 0.2) is 17.6 Å². The summed E-state index contributed by atoms with van der Waals surface area (Å²) in [6, 6.07) is 14.9. The van der Waals surface area contributed by atoms with Crippen molar-refractivity contribution in [3.8, 4) is 22.5 Å². The number of amides is 3. The Bertz CT molecular complexity index is 2550. The Kier molecular flexibility index (Phi) is 14.1. The molecule has 1 atom stereocenters. The van der Waals surface area contributed by atoms with E-state index in [1.165, 1.54) is 10.9 Å². The van der Waals surface area contributed by atoms with Crippen LogP contribution in [0.2, 0.25) is 0 Å². The minimum atomic E-state index is -5.00. The summed E-state index contributed by atoms with van der Waals surface area (Å²) in [5.74, 6) is -4.36. The van der Waals surface area contributed by atoms with Crippen molar-refractivity contribution in [1.29, 1.82) is 0 Å². The number of carbonyl (C=O) groups is 5. The molecule has 0 saturated heterocycles. The average Bonchev–Trinajstić information content (AvgIpc) is 3.67. The Balaban J connectivity index is 1.21. The number of carboxylic acid groups (broad SMARTS) is 1. The standard InChI is InChI=1S/C39H44N8O11S/c1-5-40-28-16-31-26(14-22(28)3)36(27-15-23(4)29(41-6-2)17-32(27)58-31)24-10-7-8-11-25(24)39(53)57-21-34(48)42-12-9-13-47-20-30(45-46-47)37(51)43-18-33(59(54,55)56)38(52)44-19-35(49)50/h7-8,10-11,14-17,20,33,40H,5-6,9,12-13,18-19,21H2,1-4H3,(H,42,48)(H,43,51)(H,44,52)(H,49,50)(H,54,55,56). The molecule has 1 unspecified atom stereocenters. The largest absolute Gasteiger partial charge is 0.480 e. The summed E-state index contributed by atoms with van der Waals surface area (Å²) in [5, 5.41) is 25.6. The van der Waals surface area contributed by atoms with Crippen LogP contribution in [0.15, 0.2) is 64.1 Å². The topological polar surface area (TPSA) is 274 Å². The fraction of sp³-hybridized carbons (Fsp3) is 0.333. The van der Waals surface area contributed by atoms with Crippen LogP contribution in [0.3, 0.4) is 0 Å². The van der Waals surface area contributed by atoms with Crippen molar-refractivity contribution in [2.24, 2.45) is 4.99 Å². The number of fused-ring (bicyclic) bond motifs is 2. The third kappa shape index (κ3) is 10.8. The Morgan fingerprint density at radius 1 is 0.983 bits per heavy atom. The lowest BCUT2D eigenvalue weighted by Gasteiger charge is -2.19. The number of carboxylic acids is 1. The molecule has 1 aliphatic heterocycles. The van der Waals surface area contributed by atoms with Crippen molar-refractivity contribution in [2.45, 2.75) is 45.9 Å². The lowest BCUT2D eigenvalue weighted by molar-refractivity contribution is -0.137. The molecule has 3 aromatic rings. The molecule has 3 amide bonds. The van der Waals surface area contributed by atoms with E-state index < -0.39 is 64.7 Å². The van der Waals surface area contributed by atoms with Crippen LogP contribution in [0.5, 0.6) is 0 Å². The number of rotatable bonds is 18. The fourth-order valence-electron chi connectivity index (χ4n) is 6.21. The zero-order valence-corrected chi connectivity index (χ0v) is 33.5. The molecule has 0 fully saturated rings.